The van der Waals surface area contributed by atoms with Gasteiger partial charge in [0.05, 0.1) is 0 Å². The average molecular weight is 131 g/mol. The third kappa shape index (κ3) is 1.53. The van der Waals surface area contributed by atoms with Crippen LogP contribution in [0.4, 0.5) is 0 Å². The molecular weight excluding hydrogens is 118 g/mol. The van der Waals surface area contributed by atoms with E-state index in [-0.39, 0.29) is 0 Å². The van der Waals surface area contributed by atoms with Gasteiger partial charge in [0.2, 0.25) is 0 Å². The molecule has 0 bridgehead atoms. The molecule has 1 saturated heterocycles. The molecule has 0 spiro atoms. The van der Waals surface area contributed by atoms with Gasteiger partial charge in [-0.2, -0.15) is 0 Å². The van der Waals surface area contributed by atoms with Crippen LogP contribution in [0.25, 0.3) is 0 Å². The van der Waals surface area contributed by atoms with E-state index in [1.54, 1.807) is 0 Å². The van der Waals surface area contributed by atoms with Crippen LogP contribution in [0.2, 0.25) is 0 Å². The van der Waals surface area contributed by atoms with Crippen molar-refractivity contribution < 1.29 is 0 Å². The molecule has 2 heteroatoms. The van der Waals surface area contributed by atoms with E-state index in [0.717, 1.165) is 13.1 Å². The monoisotopic (exact) mass is 131 g/mol. The summed E-state index contributed by atoms with van der Waals surface area (Å²) in [6.45, 7) is 2.25. The van der Waals surface area contributed by atoms with E-state index in [0.29, 0.717) is 0 Å². The SMILES string of the molecule is C=S1(=C)CCNCC1. The number of hydrogen-bond donors (Lipinski definition) is 1. The van der Waals surface area contributed by atoms with Gasteiger partial charge >= 0.3 is 0 Å². The first-order valence-electron chi connectivity index (χ1n) is 2.86. The van der Waals surface area contributed by atoms with Crippen molar-refractivity contribution in [1.82, 2.24) is 5.32 Å². The Balaban J connectivity index is 2.58. The summed E-state index contributed by atoms with van der Waals surface area (Å²) in [5.74, 6) is 10.5. The molecule has 0 aromatic rings. The molecule has 1 aliphatic rings. The fraction of sp³-hybridized carbons (Fsp3) is 0.667. The van der Waals surface area contributed by atoms with E-state index in [2.05, 4.69) is 17.1 Å². The Kier molecular flexibility index (Phi) is 1.63. The van der Waals surface area contributed by atoms with Gasteiger partial charge in [-0.05, 0) is 11.5 Å². The van der Waals surface area contributed by atoms with Gasteiger partial charge in [-0.15, -0.1) is 0 Å². The Morgan fingerprint density at radius 3 is 1.88 bits per heavy atom. The molecule has 1 N–H and O–H groups in total. The highest BCUT2D eigenvalue weighted by Crippen LogP contribution is 2.18. The van der Waals surface area contributed by atoms with E-state index in [1.165, 1.54) is 11.5 Å². The minimum Gasteiger partial charge on any atom is -0.315 e. The molecule has 0 aromatic heterocycles. The highest BCUT2D eigenvalue weighted by atomic mass is 32.2. The van der Waals surface area contributed by atoms with Crippen LogP contribution < -0.4 is 5.32 Å². The Morgan fingerprint density at radius 2 is 1.62 bits per heavy atom. The molecule has 8 heavy (non-hydrogen) atoms. The number of hydrogen-bond acceptors (Lipinski definition) is 1. The lowest BCUT2D eigenvalue weighted by Gasteiger charge is -2.20. The van der Waals surface area contributed by atoms with Crippen molar-refractivity contribution in [1.29, 1.82) is 0 Å². The predicted molar refractivity (Wildman–Crippen MR) is 44.4 cm³/mol. The summed E-state index contributed by atoms with van der Waals surface area (Å²) in [6.07, 6.45) is 0. The van der Waals surface area contributed by atoms with Crippen molar-refractivity contribution in [2.24, 2.45) is 0 Å². The Bertz CT molecular complexity index is 143. The van der Waals surface area contributed by atoms with Crippen LogP contribution in [0.1, 0.15) is 0 Å². The summed E-state index contributed by atoms with van der Waals surface area (Å²) < 4.78 is 0. The molecule has 48 valence electrons. The van der Waals surface area contributed by atoms with Crippen LogP contribution in [0.5, 0.6) is 0 Å². The quantitative estimate of drug-likeness (QED) is 0.465. The molecule has 1 nitrogen and oxygen atoms in total. The molecule has 0 aromatic carbocycles. The Morgan fingerprint density at radius 1 is 1.12 bits per heavy atom. The molecular formula is C6H13NS. The third-order valence-corrected chi connectivity index (χ3v) is 3.56. The molecule has 0 amide bonds. The molecule has 0 aliphatic carbocycles. The lowest BCUT2D eigenvalue weighted by Crippen LogP contribution is -2.28. The second kappa shape index (κ2) is 2.11. The maximum atomic E-state index is 4.06. The van der Waals surface area contributed by atoms with E-state index >= 15 is 0 Å². The number of nitrogens with one attached hydrogen (secondary N) is 1. The highest BCUT2D eigenvalue weighted by molar-refractivity contribution is 8.27. The zero-order valence-electron chi connectivity index (χ0n) is 5.15. The second-order valence-electron chi connectivity index (χ2n) is 2.38. The van der Waals surface area contributed by atoms with Crippen molar-refractivity contribution in [3.63, 3.8) is 0 Å². The molecule has 0 atom stereocenters. The summed E-state index contributed by atoms with van der Waals surface area (Å²) in [7, 11) is -0.645. The first kappa shape index (κ1) is 6.17. The summed E-state index contributed by atoms with van der Waals surface area (Å²) >= 11 is 0. The van der Waals surface area contributed by atoms with Crippen LogP contribution in [0.3, 0.4) is 0 Å². The van der Waals surface area contributed by atoms with Gasteiger partial charge in [-0.1, -0.05) is 11.7 Å². The van der Waals surface area contributed by atoms with Crippen LogP contribution >= 0.6 is 9.21 Å². The van der Waals surface area contributed by atoms with Crippen LogP contribution in [0.15, 0.2) is 0 Å². The van der Waals surface area contributed by atoms with Gasteiger partial charge in [0.25, 0.3) is 0 Å². The number of rotatable bonds is 0. The normalized spacial score (nSPS) is 27.5. The Hall–Kier alpha value is 0.0500. The highest BCUT2D eigenvalue weighted by Gasteiger charge is 2.02. The zero-order valence-corrected chi connectivity index (χ0v) is 5.97. The van der Waals surface area contributed by atoms with Gasteiger partial charge in [-0.25, -0.2) is 9.21 Å². The van der Waals surface area contributed by atoms with Crippen LogP contribution in [-0.2, 0) is 0 Å². The minimum absolute atomic E-state index is 0.645. The van der Waals surface area contributed by atoms with Crippen molar-refractivity contribution in [2.45, 2.75) is 0 Å². The topological polar surface area (TPSA) is 12.0 Å². The van der Waals surface area contributed by atoms with Gasteiger partial charge in [0, 0.05) is 13.1 Å². The minimum atomic E-state index is -0.645. The fourth-order valence-corrected chi connectivity index (χ4v) is 2.16. The molecule has 1 aliphatic heterocycles. The largest absolute Gasteiger partial charge is 0.315 e. The van der Waals surface area contributed by atoms with E-state index in [1.807, 2.05) is 0 Å². The van der Waals surface area contributed by atoms with Crippen molar-refractivity contribution >= 4 is 20.9 Å². The first-order chi connectivity index (χ1) is 3.71. The van der Waals surface area contributed by atoms with Crippen molar-refractivity contribution in [3.05, 3.63) is 0 Å². The van der Waals surface area contributed by atoms with Gasteiger partial charge in [0.15, 0.2) is 0 Å². The molecule has 1 rings (SSSR count). The summed E-state index contributed by atoms with van der Waals surface area (Å²) in [4.78, 5) is 0. The molecule has 0 saturated carbocycles. The van der Waals surface area contributed by atoms with E-state index < -0.39 is 9.21 Å². The third-order valence-electron chi connectivity index (χ3n) is 1.42. The van der Waals surface area contributed by atoms with Gasteiger partial charge < -0.3 is 5.32 Å². The van der Waals surface area contributed by atoms with Gasteiger partial charge in [0.1, 0.15) is 0 Å². The van der Waals surface area contributed by atoms with E-state index in [9.17, 15) is 0 Å². The second-order valence-corrected chi connectivity index (χ2v) is 5.65. The summed E-state index contributed by atoms with van der Waals surface area (Å²) in [5, 5.41) is 3.28. The molecule has 0 radical (unpaired) electrons. The smallest absolute Gasteiger partial charge is 0.00334 e. The standard InChI is InChI=1S/C6H13NS/c1-8(2)5-3-7-4-6-8/h7H,1-6H2. The van der Waals surface area contributed by atoms with Crippen molar-refractivity contribution in [2.75, 3.05) is 24.6 Å². The van der Waals surface area contributed by atoms with Crippen molar-refractivity contribution in [3.8, 4) is 0 Å². The molecule has 0 unspecified atom stereocenters. The maximum Gasteiger partial charge on any atom is 0.00334 e. The molecule has 1 heterocycles. The molecule has 1 fully saturated rings. The zero-order chi connectivity index (χ0) is 6.04. The summed E-state index contributed by atoms with van der Waals surface area (Å²) in [5.41, 5.74) is 0. The van der Waals surface area contributed by atoms with Gasteiger partial charge in [-0.3, -0.25) is 0 Å². The summed E-state index contributed by atoms with van der Waals surface area (Å²) in [6, 6.07) is 0. The lowest BCUT2D eigenvalue weighted by atomic mass is 10.6. The lowest BCUT2D eigenvalue weighted by molar-refractivity contribution is 0.755. The maximum absolute atomic E-state index is 4.06. The van der Waals surface area contributed by atoms with Crippen LogP contribution in [0, 0.1) is 0 Å². The van der Waals surface area contributed by atoms with E-state index in [4.69, 9.17) is 0 Å². The first-order valence-corrected chi connectivity index (χ1v) is 5.17. The predicted octanol–water partition coefficient (Wildman–Crippen LogP) is 0.258. The Labute approximate surface area is 51.6 Å². The van der Waals surface area contributed by atoms with Crippen LogP contribution in [-0.4, -0.2) is 36.3 Å². The fourth-order valence-electron chi connectivity index (χ4n) is 0.804. The average Bonchev–Trinajstić information content (AvgIpc) is 1.65.